The number of ether oxygens (including phenoxy) is 2. The summed E-state index contributed by atoms with van der Waals surface area (Å²) in [7, 11) is 5.24. The number of benzene rings is 1. The van der Waals surface area contributed by atoms with Gasteiger partial charge in [0.25, 0.3) is 0 Å². The predicted molar refractivity (Wildman–Crippen MR) is 130 cm³/mol. The van der Waals surface area contributed by atoms with Crippen molar-refractivity contribution in [1.29, 1.82) is 0 Å². The lowest BCUT2D eigenvalue weighted by atomic mass is 10.1. The van der Waals surface area contributed by atoms with E-state index >= 15 is 0 Å². The molecule has 1 saturated heterocycles. The first kappa shape index (κ1) is 23.6. The van der Waals surface area contributed by atoms with E-state index in [-0.39, 0.29) is 24.0 Å². The highest BCUT2D eigenvalue weighted by atomic mass is 127. The second-order valence-corrected chi connectivity index (χ2v) is 7.63. The monoisotopic (exact) mass is 541 g/mol. The van der Waals surface area contributed by atoms with Crippen LogP contribution >= 0.6 is 24.0 Å². The van der Waals surface area contributed by atoms with Crippen molar-refractivity contribution >= 4 is 29.9 Å². The Morgan fingerprint density at radius 2 is 1.90 bits per heavy atom. The maximum atomic E-state index is 5.53. The van der Waals surface area contributed by atoms with Crippen LogP contribution in [0.1, 0.15) is 23.6 Å². The van der Waals surface area contributed by atoms with Gasteiger partial charge in [0.1, 0.15) is 17.3 Å². The summed E-state index contributed by atoms with van der Waals surface area (Å²) in [6.45, 7) is 6.27. The van der Waals surface area contributed by atoms with Gasteiger partial charge in [-0.25, -0.2) is 0 Å². The highest BCUT2D eigenvalue weighted by molar-refractivity contribution is 14.0. The highest BCUT2D eigenvalue weighted by Crippen LogP contribution is 2.25. The third-order valence-electron chi connectivity index (χ3n) is 5.86. The molecule has 4 rings (SSSR count). The molecule has 2 aliphatic rings. The first-order valence-electron chi connectivity index (χ1n) is 10.5. The van der Waals surface area contributed by atoms with Crippen molar-refractivity contribution in [3.63, 3.8) is 0 Å². The summed E-state index contributed by atoms with van der Waals surface area (Å²) < 4.78 is 13.1. The molecule has 0 aliphatic carbocycles. The summed E-state index contributed by atoms with van der Waals surface area (Å²) in [4.78, 5) is 9.23. The van der Waals surface area contributed by atoms with Crippen LogP contribution < -0.4 is 14.8 Å². The number of aromatic nitrogens is 3. The number of hydrogen-bond donors (Lipinski definition) is 1. The van der Waals surface area contributed by atoms with Crippen LogP contribution in [0, 0.1) is 0 Å². The topological polar surface area (TPSA) is 80.0 Å². The molecule has 0 spiro atoms. The van der Waals surface area contributed by atoms with Gasteiger partial charge in [0, 0.05) is 58.3 Å². The van der Waals surface area contributed by atoms with Gasteiger partial charge >= 0.3 is 0 Å². The number of nitrogens with zero attached hydrogens (tertiary/aromatic N) is 6. The lowest BCUT2D eigenvalue weighted by molar-refractivity contribution is 0.171. The number of piperazine rings is 1. The van der Waals surface area contributed by atoms with E-state index in [1.165, 1.54) is 0 Å². The van der Waals surface area contributed by atoms with Crippen LogP contribution in [-0.4, -0.2) is 78.0 Å². The van der Waals surface area contributed by atoms with E-state index in [9.17, 15) is 0 Å². The zero-order valence-electron chi connectivity index (χ0n) is 18.5. The minimum absolute atomic E-state index is 0. The molecule has 0 amide bonds. The predicted octanol–water partition coefficient (Wildman–Crippen LogP) is 1.75. The number of hydrogen-bond acceptors (Lipinski definition) is 6. The van der Waals surface area contributed by atoms with Gasteiger partial charge in [-0.05, 0) is 24.6 Å². The molecule has 0 unspecified atom stereocenters. The Bertz CT molecular complexity index is 894. The van der Waals surface area contributed by atoms with E-state index in [0.717, 1.165) is 86.8 Å². The van der Waals surface area contributed by atoms with Crippen LogP contribution in [0.25, 0.3) is 0 Å². The second-order valence-electron chi connectivity index (χ2n) is 7.63. The fraction of sp³-hybridized carbons (Fsp3) is 0.571. The number of guanidine groups is 1. The molecular formula is C21H32IN7O2. The minimum atomic E-state index is 0. The molecule has 1 aromatic heterocycles. The lowest BCUT2D eigenvalue weighted by Crippen LogP contribution is -2.52. The maximum absolute atomic E-state index is 5.53. The van der Waals surface area contributed by atoms with Crippen LogP contribution in [0.3, 0.4) is 0 Å². The van der Waals surface area contributed by atoms with Gasteiger partial charge in [0.05, 0.1) is 20.8 Å². The van der Waals surface area contributed by atoms with E-state index in [1.54, 1.807) is 14.2 Å². The maximum Gasteiger partial charge on any atom is 0.194 e. The number of halogens is 1. The Morgan fingerprint density at radius 3 is 2.61 bits per heavy atom. The van der Waals surface area contributed by atoms with Gasteiger partial charge in [-0.1, -0.05) is 0 Å². The van der Waals surface area contributed by atoms with E-state index in [1.807, 2.05) is 19.2 Å². The van der Waals surface area contributed by atoms with Crippen LogP contribution in [0.4, 0.5) is 0 Å². The zero-order valence-corrected chi connectivity index (χ0v) is 20.8. The second kappa shape index (κ2) is 11.0. The quantitative estimate of drug-likeness (QED) is 0.339. The van der Waals surface area contributed by atoms with Gasteiger partial charge in [0.2, 0.25) is 0 Å². The largest absolute Gasteiger partial charge is 0.497 e. The molecule has 0 saturated carbocycles. The van der Waals surface area contributed by atoms with E-state index in [4.69, 9.17) is 9.47 Å². The molecule has 9 nitrogen and oxygen atoms in total. The molecule has 2 aliphatic heterocycles. The molecule has 170 valence electrons. The Balaban J connectivity index is 0.00000272. The van der Waals surface area contributed by atoms with E-state index in [2.05, 4.69) is 40.9 Å². The van der Waals surface area contributed by atoms with Crippen LogP contribution in [0.2, 0.25) is 0 Å². The van der Waals surface area contributed by atoms with Gasteiger partial charge in [0.15, 0.2) is 11.8 Å². The van der Waals surface area contributed by atoms with Crippen LogP contribution in [0.15, 0.2) is 23.2 Å². The van der Waals surface area contributed by atoms with E-state index < -0.39 is 0 Å². The molecule has 1 aromatic carbocycles. The van der Waals surface area contributed by atoms with Gasteiger partial charge in [-0.2, -0.15) is 0 Å². The summed E-state index contributed by atoms with van der Waals surface area (Å²) in [5.74, 6) is 4.77. The normalized spacial score (nSPS) is 16.6. The zero-order chi connectivity index (χ0) is 20.9. The standard InChI is InChI=1S/C21H31N7O2.HI/c1-22-21(23-14-20-25-24-19-5-4-8-28(19)20)27-11-9-26(10-12-27)15-16-13-17(29-2)6-7-18(16)30-3;/h6-7,13H,4-5,8-12,14-15H2,1-3H3,(H,22,23);1H. The number of methoxy groups -OCH3 is 2. The Hall–Kier alpha value is -2.08. The Kier molecular flexibility index (Phi) is 8.35. The number of rotatable bonds is 6. The SMILES string of the molecule is CN=C(NCc1nnc2n1CCC2)N1CCN(Cc2cc(OC)ccc2OC)CC1.I. The number of aliphatic imine (C=N–C) groups is 1. The molecular weight excluding hydrogens is 509 g/mol. The summed E-state index contributed by atoms with van der Waals surface area (Å²) in [6.07, 6.45) is 2.19. The fourth-order valence-corrected chi connectivity index (χ4v) is 4.20. The lowest BCUT2D eigenvalue weighted by Gasteiger charge is -2.36. The molecule has 1 fully saturated rings. The van der Waals surface area contributed by atoms with E-state index in [0.29, 0.717) is 6.54 Å². The van der Waals surface area contributed by atoms with Crippen molar-refractivity contribution < 1.29 is 9.47 Å². The summed E-state index contributed by atoms with van der Waals surface area (Å²) in [6, 6.07) is 5.96. The molecule has 1 N–H and O–H groups in total. The van der Waals surface area contributed by atoms with Crippen molar-refractivity contribution in [3.05, 3.63) is 35.4 Å². The van der Waals surface area contributed by atoms with Crippen molar-refractivity contribution in [2.24, 2.45) is 4.99 Å². The van der Waals surface area contributed by atoms with Gasteiger partial charge < -0.3 is 24.3 Å². The number of fused-ring (bicyclic) bond motifs is 1. The first-order chi connectivity index (χ1) is 14.7. The van der Waals surface area contributed by atoms with Crippen molar-refractivity contribution in [1.82, 2.24) is 29.9 Å². The fourth-order valence-electron chi connectivity index (χ4n) is 4.20. The summed E-state index contributed by atoms with van der Waals surface area (Å²) >= 11 is 0. The molecule has 2 aromatic rings. The van der Waals surface area contributed by atoms with Crippen molar-refractivity contribution in [3.8, 4) is 11.5 Å². The average molecular weight is 541 g/mol. The molecule has 0 atom stereocenters. The Labute approximate surface area is 200 Å². The van der Waals surface area contributed by atoms with Crippen molar-refractivity contribution in [2.45, 2.75) is 32.5 Å². The van der Waals surface area contributed by atoms with Crippen LogP contribution in [0.5, 0.6) is 11.5 Å². The third-order valence-corrected chi connectivity index (χ3v) is 5.86. The number of aryl methyl sites for hydroxylation is 1. The molecule has 3 heterocycles. The van der Waals surface area contributed by atoms with Gasteiger partial charge in [-0.3, -0.25) is 9.89 Å². The minimum Gasteiger partial charge on any atom is -0.497 e. The Morgan fingerprint density at radius 1 is 1.10 bits per heavy atom. The summed E-state index contributed by atoms with van der Waals surface area (Å²) in [5.41, 5.74) is 1.15. The average Bonchev–Trinajstić information content (AvgIpc) is 3.40. The highest BCUT2D eigenvalue weighted by Gasteiger charge is 2.22. The first-order valence-corrected chi connectivity index (χ1v) is 10.5. The number of nitrogens with one attached hydrogen (secondary N) is 1. The molecule has 0 bridgehead atoms. The van der Waals surface area contributed by atoms with Crippen LogP contribution in [-0.2, 0) is 26.1 Å². The van der Waals surface area contributed by atoms with Gasteiger partial charge in [-0.15, -0.1) is 34.2 Å². The molecule has 31 heavy (non-hydrogen) atoms. The smallest absolute Gasteiger partial charge is 0.194 e. The third kappa shape index (κ3) is 5.40. The van der Waals surface area contributed by atoms with Crippen molar-refractivity contribution in [2.75, 3.05) is 47.4 Å². The molecule has 0 radical (unpaired) electrons. The summed E-state index contributed by atoms with van der Waals surface area (Å²) in [5, 5.41) is 12.1. The molecule has 10 heteroatoms.